The number of unbranched alkanes of at least 4 members (excludes halogenated alkanes) is 3. The number of rotatable bonds is 56. The molecule has 0 radical (unpaired) electrons. The van der Waals surface area contributed by atoms with E-state index >= 15 is 14.4 Å². The van der Waals surface area contributed by atoms with Gasteiger partial charge in [0.25, 0.3) is 0 Å². The topological polar surface area (TPSA) is 588 Å². The predicted octanol–water partition coefficient (Wildman–Crippen LogP) is 0.699. The Balaban J connectivity index is 1.04. The Labute approximate surface area is 715 Å². The summed E-state index contributed by atoms with van der Waals surface area (Å²) in [6, 6.07) is 6.72. The normalized spacial score (nSPS) is 14.5. The summed E-state index contributed by atoms with van der Waals surface area (Å²) in [4.78, 5) is 229. The van der Waals surface area contributed by atoms with Crippen LogP contribution < -0.4 is 70.0 Å². The molecule has 0 bridgehead atoms. The summed E-state index contributed by atoms with van der Waals surface area (Å²) in [6.07, 6.45) is 7.05. The van der Waals surface area contributed by atoms with Gasteiger partial charge >= 0.3 is 5.97 Å². The lowest BCUT2D eigenvalue weighted by Crippen LogP contribution is -2.62. The minimum absolute atomic E-state index is 0.172. The first-order valence-electron chi connectivity index (χ1n) is 40.9. The molecule has 0 saturated carbocycles. The third-order valence-corrected chi connectivity index (χ3v) is 20.8. The van der Waals surface area contributed by atoms with Gasteiger partial charge in [-0.05, 0) is 67.3 Å². The molecule has 0 fully saturated rings. The molecule has 13 atom stereocenters. The van der Waals surface area contributed by atoms with Crippen molar-refractivity contribution in [1.82, 2.24) is 88.4 Å². The lowest BCUT2D eigenvalue weighted by Gasteiger charge is -2.30. The molecule has 666 valence electrons. The van der Waals surface area contributed by atoms with Crippen molar-refractivity contribution < 1.29 is 91.6 Å². The molecule has 0 spiro atoms. The number of amides is 13. The lowest BCUT2D eigenvalue weighted by molar-refractivity contribution is -0.141. The zero-order chi connectivity index (χ0) is 89.7. The summed E-state index contributed by atoms with van der Waals surface area (Å²) < 4.78 is 11.1. The average molecular weight is 1730 g/mol. The van der Waals surface area contributed by atoms with Crippen LogP contribution in [0.15, 0.2) is 116 Å². The molecule has 0 aliphatic heterocycles. The number of alkyl halides is 1. The number of Topliss-reactive ketones (excluding diaryl/α,β-unsaturated/α-hetero) is 1. The van der Waals surface area contributed by atoms with Crippen LogP contribution in [0.3, 0.4) is 0 Å². The highest BCUT2D eigenvalue weighted by atomic mass is 35.5. The van der Waals surface area contributed by atoms with Crippen molar-refractivity contribution in [2.75, 3.05) is 38.9 Å². The van der Waals surface area contributed by atoms with E-state index < -0.39 is 192 Å². The Morgan fingerprint density at radius 2 is 0.935 bits per heavy atom. The number of imidazole rings is 2. The largest absolute Gasteiger partial charge is 0.481 e. The Hall–Kier alpha value is -12.4. The van der Waals surface area contributed by atoms with Crippen LogP contribution in [-0.4, -0.2) is 234 Å². The Morgan fingerprint density at radius 1 is 0.463 bits per heavy atom. The Bertz CT molecular complexity index is 4680. The van der Waals surface area contributed by atoms with Crippen molar-refractivity contribution in [2.24, 2.45) is 29.2 Å². The van der Waals surface area contributed by atoms with E-state index in [4.69, 9.17) is 32.5 Å². The number of aromatic amines is 4. The van der Waals surface area contributed by atoms with E-state index in [9.17, 15) is 67.7 Å². The van der Waals surface area contributed by atoms with Crippen LogP contribution in [0.4, 0.5) is 0 Å². The number of ether oxygens (including phenoxy) is 2. The van der Waals surface area contributed by atoms with Crippen molar-refractivity contribution in [3.63, 3.8) is 0 Å². The van der Waals surface area contributed by atoms with Gasteiger partial charge in [-0.15, -0.1) is 11.6 Å². The number of halogens is 1. The number of carbonyl (C=O) groups excluding carboxylic acids is 14. The van der Waals surface area contributed by atoms with Gasteiger partial charge in [0.05, 0.1) is 63.4 Å². The number of aliphatic carboxylic acids is 1. The average Bonchev–Trinajstić information content (AvgIpc) is 1.70. The van der Waals surface area contributed by atoms with Gasteiger partial charge in [0.2, 0.25) is 76.8 Å². The number of para-hydroxylation sites is 2. The molecule has 4 heterocycles. The monoisotopic (exact) mass is 1730 g/mol. The van der Waals surface area contributed by atoms with Gasteiger partial charge < -0.3 is 110 Å². The summed E-state index contributed by atoms with van der Waals surface area (Å²) in [6.45, 7) is 10.7. The van der Waals surface area contributed by atoms with Gasteiger partial charge in [-0.3, -0.25) is 71.9 Å². The van der Waals surface area contributed by atoms with E-state index in [1.54, 1.807) is 119 Å². The third kappa shape index (κ3) is 32.2. The molecule has 0 aliphatic rings. The predicted molar refractivity (Wildman–Crippen MR) is 451 cm³/mol. The molecular formula is C84H114ClN19O19. The molecule has 0 saturated heterocycles. The van der Waals surface area contributed by atoms with E-state index in [0.29, 0.717) is 75.6 Å². The number of hydrogen-bond donors (Lipinski definition) is 19. The molecule has 3 aromatic carbocycles. The number of hydrogen-bond acceptors (Lipinski definition) is 20. The molecular weight excluding hydrogens is 1610 g/mol. The quantitative estimate of drug-likeness (QED) is 0.0184. The number of aromatic nitrogens is 6. The standard InChI is InChI=1S/C84H114ClN19O19/c1-7-48(4)73(83(120)101-63(34-53-41-91-59-23-15-13-21-57(53)59)79(116)96-61(38-55-43-88-45-93-55)67(106)36-52(75(87)112)37-71(110)111)103-81(118)65(39-56-44-89-46-94-56)97-78(115)62(33-51-19-11-10-12-20-51)99-84(121)74(50(6)105)104-76(113)49(5)95-77(114)66(40-68(86)107)98-80(117)64(35-54-42-92-60-24-16-14-22-58(54)60)100-82(119)72(47(2)3)102-70(109)26-25-69(108)90-28-30-123-32-31-122-29-18-9-8-17-27-85/h10-16,19-24,41-50,52,61-66,72-74,91-92,105H,7-9,17-18,25-40H2,1-6H3,(H2,86,107)(H2,87,112)(H,88,93)(H,89,94)(H,90,108)(H,95,114)(H,96,116)(H,97,115)(H,98,117)(H,99,121)(H,100,119)(H,101,120)(H,102,109)(H,103,118)(H,104,113)(H,110,111)/t48-,49-,50+,52-,61-,62-,63-,64-,65-,66-,72+,73?,74?/m0/s1. The van der Waals surface area contributed by atoms with Gasteiger partial charge in [0.15, 0.2) is 5.78 Å². The van der Waals surface area contributed by atoms with E-state index in [2.05, 4.69) is 88.4 Å². The van der Waals surface area contributed by atoms with Gasteiger partial charge in [-0.25, -0.2) is 9.97 Å². The molecule has 0 aliphatic carbocycles. The number of aliphatic hydroxyl groups excluding tert-OH is 1. The molecule has 4 aromatic heterocycles. The summed E-state index contributed by atoms with van der Waals surface area (Å²) >= 11 is 5.72. The molecule has 38 nitrogen and oxygen atoms in total. The number of benzene rings is 3. The number of carboxylic acid groups (broad SMARTS) is 1. The van der Waals surface area contributed by atoms with Crippen LogP contribution in [0.2, 0.25) is 0 Å². The number of aliphatic hydroxyl groups is 1. The smallest absolute Gasteiger partial charge is 0.304 e. The first-order chi connectivity index (χ1) is 58.8. The lowest BCUT2D eigenvalue weighted by atomic mass is 9.93. The van der Waals surface area contributed by atoms with Crippen LogP contribution >= 0.6 is 11.6 Å². The molecule has 39 heteroatoms. The van der Waals surface area contributed by atoms with Crippen molar-refractivity contribution >= 4 is 122 Å². The second-order valence-corrected chi connectivity index (χ2v) is 31.0. The molecule has 2 unspecified atom stereocenters. The van der Waals surface area contributed by atoms with Crippen LogP contribution in [0.1, 0.15) is 134 Å². The van der Waals surface area contributed by atoms with Crippen molar-refractivity contribution in [2.45, 2.75) is 204 Å². The first-order valence-corrected chi connectivity index (χ1v) is 41.5. The summed E-state index contributed by atoms with van der Waals surface area (Å²) in [7, 11) is 0. The second-order valence-electron chi connectivity index (χ2n) is 30.6. The summed E-state index contributed by atoms with van der Waals surface area (Å²) in [5, 5.41) is 50.9. The minimum atomic E-state index is -1.89. The van der Waals surface area contributed by atoms with Gasteiger partial charge in [-0.2, -0.15) is 0 Å². The third-order valence-electron chi connectivity index (χ3n) is 20.6. The zero-order valence-electron chi connectivity index (χ0n) is 69.7. The fourth-order valence-electron chi connectivity index (χ4n) is 13.4. The first kappa shape index (κ1) is 97.7. The van der Waals surface area contributed by atoms with Gasteiger partial charge in [0, 0.05) is 128 Å². The van der Waals surface area contributed by atoms with Crippen molar-refractivity contribution in [3.05, 3.63) is 144 Å². The highest BCUT2D eigenvalue weighted by Crippen LogP contribution is 2.23. The van der Waals surface area contributed by atoms with E-state index in [-0.39, 0.29) is 64.5 Å². The van der Waals surface area contributed by atoms with E-state index in [1.807, 2.05) is 0 Å². The molecule has 123 heavy (non-hydrogen) atoms. The molecule has 7 aromatic rings. The maximum absolute atomic E-state index is 15.1. The number of nitrogens with two attached hydrogens (primary N) is 2. The highest BCUT2D eigenvalue weighted by Gasteiger charge is 2.40. The molecule has 21 N–H and O–H groups in total. The fourth-order valence-corrected chi connectivity index (χ4v) is 13.6. The number of H-pyrrole nitrogens is 4. The maximum atomic E-state index is 15.1. The maximum Gasteiger partial charge on any atom is 0.304 e. The van der Waals surface area contributed by atoms with Crippen LogP contribution in [0.25, 0.3) is 21.8 Å². The van der Waals surface area contributed by atoms with E-state index in [1.165, 1.54) is 32.0 Å². The molecule has 13 amide bonds. The number of nitrogens with one attached hydrogen (secondary N) is 15. The van der Waals surface area contributed by atoms with Crippen LogP contribution in [0, 0.1) is 17.8 Å². The Morgan fingerprint density at radius 3 is 1.46 bits per heavy atom. The Kier molecular flexibility index (Phi) is 39.8. The summed E-state index contributed by atoms with van der Waals surface area (Å²) in [5.74, 6) is -16.5. The van der Waals surface area contributed by atoms with Crippen molar-refractivity contribution in [1.29, 1.82) is 0 Å². The summed E-state index contributed by atoms with van der Waals surface area (Å²) in [5.41, 5.74) is 14.8. The second kappa shape index (κ2) is 50.1. The number of nitrogens with zero attached hydrogens (tertiary/aromatic N) is 2. The highest BCUT2D eigenvalue weighted by molar-refractivity contribution is 6.17. The van der Waals surface area contributed by atoms with Crippen LogP contribution in [0.5, 0.6) is 0 Å². The zero-order valence-corrected chi connectivity index (χ0v) is 70.4. The molecule has 7 rings (SSSR count). The number of carboxylic acids is 1. The number of carbonyl (C=O) groups is 15. The minimum Gasteiger partial charge on any atom is -0.481 e. The number of ketones is 1. The fraction of sp³-hybridized carbons (Fsp3) is 0.488. The van der Waals surface area contributed by atoms with Gasteiger partial charge in [0.1, 0.15) is 54.4 Å². The van der Waals surface area contributed by atoms with E-state index in [0.717, 1.165) is 32.6 Å². The van der Waals surface area contributed by atoms with Crippen LogP contribution in [-0.2, 0) is 113 Å². The van der Waals surface area contributed by atoms with Gasteiger partial charge in [-0.1, -0.05) is 114 Å². The SMILES string of the molecule is CC[C@H](C)C(NC(=O)[C@H](Cc1cnc[nH]1)NC(=O)[C@H](Cc1ccccc1)NC(=O)C(NC(=O)[C@H](C)NC(=O)[C@H](CC(N)=O)NC(=O)[C@H](Cc1c[nH]c2ccccc12)NC(=O)[C@H](NC(=O)CCC(=O)NCCOCCOCCCCCCCl)C(C)C)[C@@H](C)O)C(=O)N[C@@H](Cc1c[nH]c2ccccc12)C(=O)N[C@@H](Cc1cnc[nH]1)C(=O)C[C@@H](CC(=O)O)C(N)=O. The number of primary amides is 2. The van der Waals surface area contributed by atoms with Crippen molar-refractivity contribution in [3.8, 4) is 0 Å². The number of fused-ring (bicyclic) bond motifs is 2.